The number of carbonyl (C=O) groups excluding carboxylic acids is 5. The van der Waals surface area contributed by atoms with E-state index in [0.717, 1.165) is 21.1 Å². The lowest BCUT2D eigenvalue weighted by atomic mass is 10.2. The van der Waals surface area contributed by atoms with Crippen LogP contribution in [0.25, 0.3) is 0 Å². The van der Waals surface area contributed by atoms with Crippen molar-refractivity contribution in [2.75, 3.05) is 36.0 Å². The molecule has 1 aromatic carbocycles. The molecule has 3 heterocycles. The monoisotopic (exact) mass is 548 g/mol. The molecule has 0 spiro atoms. The smallest absolute Gasteiger partial charge is 0.414 e. The summed E-state index contributed by atoms with van der Waals surface area (Å²) in [4.78, 5) is 66.1. The van der Waals surface area contributed by atoms with E-state index in [2.05, 4.69) is 5.32 Å². The van der Waals surface area contributed by atoms with Gasteiger partial charge < -0.3 is 14.8 Å². The first-order chi connectivity index (χ1) is 17.4. The average Bonchev–Trinajstić information content (AvgIpc) is 3.41. The Morgan fingerprint density at radius 1 is 1.05 bits per heavy atom. The van der Waals surface area contributed by atoms with Gasteiger partial charge in [0, 0.05) is 5.69 Å². The van der Waals surface area contributed by atoms with Crippen molar-refractivity contribution < 1.29 is 33.4 Å². The number of benzene rings is 1. The van der Waals surface area contributed by atoms with Gasteiger partial charge in [-0.3, -0.25) is 24.2 Å². The molecule has 2 saturated heterocycles. The van der Waals surface area contributed by atoms with Crippen molar-refractivity contribution in [1.82, 2.24) is 10.2 Å². The minimum atomic E-state index is -0.754. The van der Waals surface area contributed by atoms with Gasteiger partial charge in [0.05, 0.1) is 28.0 Å². The Balaban J connectivity index is 1.35. The minimum absolute atomic E-state index is 0.125. The Morgan fingerprint density at radius 2 is 1.68 bits per heavy atom. The van der Waals surface area contributed by atoms with Gasteiger partial charge >= 0.3 is 12.2 Å². The Hall–Kier alpha value is -3.64. The van der Waals surface area contributed by atoms with Gasteiger partial charge in [0.15, 0.2) is 0 Å². The molecule has 0 bridgehead atoms. The molecule has 0 saturated carbocycles. The number of nitrogens with zero attached hydrogens (tertiary/aromatic N) is 3. The predicted octanol–water partition coefficient (Wildman–Crippen LogP) is 3.27. The van der Waals surface area contributed by atoms with Crippen LogP contribution in [0.15, 0.2) is 36.4 Å². The van der Waals surface area contributed by atoms with Gasteiger partial charge in [-0.1, -0.05) is 11.6 Å². The Kier molecular flexibility index (Phi) is 7.42. The largest absolute Gasteiger partial charge is 0.444 e. The molecule has 2 aliphatic rings. The Morgan fingerprint density at radius 3 is 2.24 bits per heavy atom. The standard InChI is InChI=1S/C24H25ClN4O7S/c1-24(2,3)36-22(33)27-12-19(30)29(20(31)13-27)15-6-4-14(5-7-15)28-11-16(35-23(28)34)10-26-21(32)17-8-9-18(25)37-17/h4-9,16H,10-13H2,1-3H3,(H,26,32)/t16-/m0/s1. The van der Waals surface area contributed by atoms with Gasteiger partial charge in [-0.25, -0.2) is 14.5 Å². The SMILES string of the molecule is CC(C)(C)OC(=O)N1CC(=O)N(c2ccc(N3C[C@H](CNC(=O)c4ccc(Cl)s4)OC3=O)cc2)C(=O)C1. The summed E-state index contributed by atoms with van der Waals surface area (Å²) < 4.78 is 11.1. The van der Waals surface area contributed by atoms with Crippen molar-refractivity contribution in [3.05, 3.63) is 45.6 Å². The zero-order valence-corrected chi connectivity index (χ0v) is 21.9. The van der Waals surface area contributed by atoms with Gasteiger partial charge in [0.1, 0.15) is 24.8 Å². The second-order valence-electron chi connectivity index (χ2n) is 9.41. The number of amides is 5. The lowest BCUT2D eigenvalue weighted by Crippen LogP contribution is -2.56. The maximum absolute atomic E-state index is 12.7. The summed E-state index contributed by atoms with van der Waals surface area (Å²) in [7, 11) is 0. The van der Waals surface area contributed by atoms with Crippen LogP contribution in [-0.4, -0.2) is 72.7 Å². The fraction of sp³-hybridized carbons (Fsp3) is 0.375. The lowest BCUT2D eigenvalue weighted by Gasteiger charge is -2.33. The van der Waals surface area contributed by atoms with E-state index in [9.17, 15) is 24.0 Å². The number of carbonyl (C=O) groups is 5. The molecule has 1 aromatic heterocycles. The number of nitrogens with one attached hydrogen (secondary N) is 1. The van der Waals surface area contributed by atoms with Crippen molar-refractivity contribution in [1.29, 1.82) is 0 Å². The maximum atomic E-state index is 12.7. The average molecular weight is 549 g/mol. The maximum Gasteiger partial charge on any atom is 0.414 e. The number of cyclic esters (lactones) is 1. The van der Waals surface area contributed by atoms with Gasteiger partial charge in [0.25, 0.3) is 17.7 Å². The van der Waals surface area contributed by atoms with Crippen LogP contribution in [-0.2, 0) is 19.1 Å². The van der Waals surface area contributed by atoms with Crippen LogP contribution in [0.5, 0.6) is 0 Å². The molecular formula is C24H25ClN4O7S. The predicted molar refractivity (Wildman–Crippen MR) is 136 cm³/mol. The number of hydrogen-bond acceptors (Lipinski definition) is 8. The number of imide groups is 1. The second kappa shape index (κ2) is 10.4. The summed E-state index contributed by atoms with van der Waals surface area (Å²) >= 11 is 7.01. The molecule has 37 heavy (non-hydrogen) atoms. The van der Waals surface area contributed by atoms with E-state index in [4.69, 9.17) is 21.1 Å². The van der Waals surface area contributed by atoms with Crippen molar-refractivity contribution in [3.63, 3.8) is 0 Å². The molecule has 2 fully saturated rings. The molecule has 4 rings (SSSR count). The number of halogens is 1. The molecule has 13 heteroatoms. The summed E-state index contributed by atoms with van der Waals surface area (Å²) in [6.07, 6.45) is -1.87. The number of hydrogen-bond donors (Lipinski definition) is 1. The van der Waals surface area contributed by atoms with E-state index < -0.39 is 35.7 Å². The van der Waals surface area contributed by atoms with E-state index in [1.54, 1.807) is 45.0 Å². The Bertz CT molecular complexity index is 1220. The third-order valence-corrected chi connectivity index (χ3v) is 6.61. The van der Waals surface area contributed by atoms with Gasteiger partial charge in [0.2, 0.25) is 0 Å². The molecule has 2 aromatic rings. The normalized spacial score (nSPS) is 18.2. The topological polar surface area (TPSA) is 126 Å². The highest BCUT2D eigenvalue weighted by Crippen LogP contribution is 2.27. The number of anilines is 2. The van der Waals surface area contributed by atoms with Crippen LogP contribution in [0.4, 0.5) is 21.0 Å². The van der Waals surface area contributed by atoms with E-state index in [1.165, 1.54) is 17.0 Å². The molecule has 0 unspecified atom stereocenters. The molecule has 5 amide bonds. The Labute approximate surface area is 221 Å². The van der Waals surface area contributed by atoms with Crippen LogP contribution < -0.4 is 15.1 Å². The van der Waals surface area contributed by atoms with Gasteiger partial charge in [-0.05, 0) is 57.2 Å². The first-order valence-corrected chi connectivity index (χ1v) is 12.6. The third kappa shape index (κ3) is 6.20. The molecule has 0 radical (unpaired) electrons. The zero-order valence-electron chi connectivity index (χ0n) is 20.4. The van der Waals surface area contributed by atoms with E-state index in [1.807, 2.05) is 0 Å². The summed E-state index contributed by atoms with van der Waals surface area (Å²) in [6.45, 7) is 4.82. The number of ether oxygens (including phenoxy) is 2. The molecule has 0 aliphatic carbocycles. The number of piperazine rings is 1. The molecule has 11 nitrogen and oxygen atoms in total. The highest BCUT2D eigenvalue weighted by atomic mass is 35.5. The van der Waals surface area contributed by atoms with Crippen LogP contribution in [0, 0.1) is 0 Å². The molecular weight excluding hydrogens is 524 g/mol. The van der Waals surface area contributed by atoms with Crippen molar-refractivity contribution in [3.8, 4) is 0 Å². The van der Waals surface area contributed by atoms with Crippen LogP contribution in [0.2, 0.25) is 4.34 Å². The molecule has 2 aliphatic heterocycles. The zero-order chi connectivity index (χ0) is 26.9. The van der Waals surface area contributed by atoms with Crippen LogP contribution >= 0.6 is 22.9 Å². The highest BCUT2D eigenvalue weighted by molar-refractivity contribution is 7.18. The van der Waals surface area contributed by atoms with E-state index in [0.29, 0.717) is 20.6 Å². The molecule has 1 N–H and O–H groups in total. The van der Waals surface area contributed by atoms with Crippen molar-refractivity contribution in [2.24, 2.45) is 0 Å². The lowest BCUT2D eigenvalue weighted by molar-refractivity contribution is -0.131. The fourth-order valence-electron chi connectivity index (χ4n) is 3.76. The number of thiophene rings is 1. The van der Waals surface area contributed by atoms with Crippen molar-refractivity contribution in [2.45, 2.75) is 32.5 Å². The van der Waals surface area contributed by atoms with Crippen molar-refractivity contribution >= 4 is 64.2 Å². The van der Waals surface area contributed by atoms with E-state index in [-0.39, 0.29) is 32.1 Å². The third-order valence-electron chi connectivity index (χ3n) is 5.38. The first-order valence-electron chi connectivity index (χ1n) is 11.4. The summed E-state index contributed by atoms with van der Waals surface area (Å²) in [5.74, 6) is -1.45. The highest BCUT2D eigenvalue weighted by Gasteiger charge is 2.37. The van der Waals surface area contributed by atoms with Gasteiger partial charge in [-0.15, -0.1) is 11.3 Å². The van der Waals surface area contributed by atoms with E-state index >= 15 is 0 Å². The molecule has 1 atom stereocenters. The fourth-order valence-corrected chi connectivity index (χ4v) is 4.72. The van der Waals surface area contributed by atoms with Crippen LogP contribution in [0.3, 0.4) is 0 Å². The number of rotatable bonds is 5. The summed E-state index contributed by atoms with van der Waals surface area (Å²) in [5, 5.41) is 2.72. The molecule has 196 valence electrons. The summed E-state index contributed by atoms with van der Waals surface area (Å²) in [5.41, 5.74) is 0.0593. The first kappa shape index (κ1) is 26.4. The summed E-state index contributed by atoms with van der Waals surface area (Å²) in [6, 6.07) is 9.50. The quantitative estimate of drug-likeness (QED) is 0.568. The second-order valence-corrected chi connectivity index (χ2v) is 11.1. The van der Waals surface area contributed by atoms with Crippen LogP contribution in [0.1, 0.15) is 30.4 Å². The minimum Gasteiger partial charge on any atom is -0.444 e. The van der Waals surface area contributed by atoms with Gasteiger partial charge in [-0.2, -0.15) is 0 Å².